The van der Waals surface area contributed by atoms with Gasteiger partial charge in [0.2, 0.25) is 5.91 Å². The third-order valence-electron chi connectivity index (χ3n) is 6.02. The Labute approximate surface area is 261 Å². The summed E-state index contributed by atoms with van der Waals surface area (Å²) in [5, 5.41) is 4.27. The third-order valence-corrected chi connectivity index (χ3v) is 8.28. The van der Waals surface area contributed by atoms with E-state index in [0.29, 0.717) is 28.4 Å². The van der Waals surface area contributed by atoms with Crippen molar-refractivity contribution in [2.75, 3.05) is 54.4 Å². The molecule has 234 valence electrons. The van der Waals surface area contributed by atoms with Gasteiger partial charge >= 0.3 is 12.1 Å². The van der Waals surface area contributed by atoms with Gasteiger partial charge in [0.25, 0.3) is 5.91 Å². The van der Waals surface area contributed by atoms with Crippen molar-refractivity contribution in [3.63, 3.8) is 0 Å². The maximum atomic E-state index is 13.7. The average Bonchev–Trinajstić information content (AvgIpc) is 3.45. The Bertz CT molecular complexity index is 1370. The summed E-state index contributed by atoms with van der Waals surface area (Å²) in [6, 6.07) is 4.39. The van der Waals surface area contributed by atoms with Crippen molar-refractivity contribution in [1.29, 1.82) is 0 Å². The lowest BCUT2D eigenvalue weighted by Gasteiger charge is -2.24. The summed E-state index contributed by atoms with van der Waals surface area (Å²) < 4.78 is 58.8. The number of amides is 2. The van der Waals surface area contributed by atoms with Gasteiger partial charge < -0.3 is 19.9 Å². The van der Waals surface area contributed by atoms with Crippen LogP contribution in [0.2, 0.25) is 0 Å². The zero-order valence-electron chi connectivity index (χ0n) is 24.0. The minimum atomic E-state index is -4.82. The van der Waals surface area contributed by atoms with Gasteiger partial charge in [0, 0.05) is 37.5 Å². The first-order chi connectivity index (χ1) is 20.1. The van der Waals surface area contributed by atoms with Crippen LogP contribution < -0.4 is 5.32 Å². The minimum Gasteiger partial charge on any atom is -0.460 e. The number of thiophene rings is 1. The number of nitrogens with zero attached hydrogens (tertiary/aromatic N) is 3. The summed E-state index contributed by atoms with van der Waals surface area (Å²) in [4.78, 5) is 43.6. The van der Waals surface area contributed by atoms with Gasteiger partial charge in [0.15, 0.2) is 0 Å². The van der Waals surface area contributed by atoms with E-state index in [1.165, 1.54) is 22.3 Å². The zero-order valence-corrected chi connectivity index (χ0v) is 26.4. The lowest BCUT2D eigenvalue weighted by atomic mass is 10.0. The summed E-state index contributed by atoms with van der Waals surface area (Å²) >= 11 is 7.58. The number of thiocarbonyl (C=S) groups is 1. The number of esters is 1. The summed E-state index contributed by atoms with van der Waals surface area (Å²) in [6.45, 7) is 1.27. The largest absolute Gasteiger partial charge is 0.460 e. The van der Waals surface area contributed by atoms with Crippen LogP contribution in [0.25, 0.3) is 17.2 Å². The highest BCUT2D eigenvalue weighted by Crippen LogP contribution is 2.37. The molecule has 1 fully saturated rings. The lowest BCUT2D eigenvalue weighted by molar-refractivity contribution is -0.150. The number of hydrogen-bond donors (Lipinski definition) is 1. The average molecular weight is 661 g/mol. The van der Waals surface area contributed by atoms with Gasteiger partial charge in [-0.1, -0.05) is 30.0 Å². The lowest BCUT2D eigenvalue weighted by Crippen LogP contribution is -2.39. The summed E-state index contributed by atoms with van der Waals surface area (Å²) in [6.07, 6.45) is -3.58. The Morgan fingerprint density at radius 3 is 2.40 bits per heavy atom. The Balaban J connectivity index is 1.51. The van der Waals surface area contributed by atoms with E-state index in [1.54, 1.807) is 17.5 Å². The van der Waals surface area contributed by atoms with Crippen LogP contribution in [-0.2, 0) is 25.3 Å². The van der Waals surface area contributed by atoms with E-state index in [4.69, 9.17) is 17.0 Å². The molecule has 0 atom stereocenters. The van der Waals surface area contributed by atoms with Gasteiger partial charge in [-0.3, -0.25) is 19.3 Å². The predicted octanol–water partition coefficient (Wildman–Crippen LogP) is 4.71. The fraction of sp³-hybridized carbons (Fsp3) is 0.429. The maximum Gasteiger partial charge on any atom is 0.419 e. The molecule has 0 radical (unpaired) electrons. The summed E-state index contributed by atoms with van der Waals surface area (Å²) in [5.74, 6) is -2.52. The van der Waals surface area contributed by atoms with Gasteiger partial charge in [-0.15, -0.1) is 11.3 Å². The van der Waals surface area contributed by atoms with Crippen LogP contribution in [0.4, 0.5) is 17.6 Å². The molecule has 0 spiro atoms. The molecule has 0 aliphatic carbocycles. The number of thioether (sulfide) groups is 1. The smallest absolute Gasteiger partial charge is 0.419 e. The standard InChI is InChI=1S/C28H32F4N4O4S3/c1-34(2)14-19(15-35(3)4)40-25(38)7-9-33-24(37)8-10-36-26(39)23(43-27(36)41)13-20-11-18(16-42-20)17-5-6-22(29)21(12-17)28(30,31)32/h5-6,11-13,16,19H,7-10,14-15H2,1-4H3,(H,33,37)/b23-13-. The molecule has 2 amide bonds. The van der Waals surface area contributed by atoms with Crippen molar-refractivity contribution < 1.29 is 36.7 Å². The molecule has 3 rings (SSSR count). The van der Waals surface area contributed by atoms with Gasteiger partial charge in [-0.05, 0) is 69.0 Å². The molecule has 0 unspecified atom stereocenters. The van der Waals surface area contributed by atoms with E-state index in [0.717, 1.165) is 23.9 Å². The quantitative estimate of drug-likeness (QED) is 0.143. The molecule has 43 heavy (non-hydrogen) atoms. The molecule has 0 saturated carbocycles. The monoisotopic (exact) mass is 660 g/mol. The number of likely N-dealkylation sites (N-methyl/N-ethyl adjacent to an activating group) is 2. The second kappa shape index (κ2) is 15.2. The molecule has 1 aliphatic rings. The maximum absolute atomic E-state index is 13.7. The highest BCUT2D eigenvalue weighted by atomic mass is 32.2. The molecule has 1 aromatic heterocycles. The van der Waals surface area contributed by atoms with E-state index >= 15 is 0 Å². The molecule has 1 aliphatic heterocycles. The van der Waals surface area contributed by atoms with Gasteiger partial charge in [-0.25, -0.2) is 4.39 Å². The van der Waals surface area contributed by atoms with Crippen LogP contribution in [-0.4, -0.2) is 97.3 Å². The molecular weight excluding hydrogens is 629 g/mol. The van der Waals surface area contributed by atoms with E-state index in [1.807, 2.05) is 38.0 Å². The fourth-order valence-electron chi connectivity index (χ4n) is 4.12. The van der Waals surface area contributed by atoms with Crippen LogP contribution >= 0.6 is 35.3 Å². The molecule has 2 heterocycles. The number of carbonyl (C=O) groups is 3. The van der Waals surface area contributed by atoms with Crippen molar-refractivity contribution in [2.24, 2.45) is 0 Å². The van der Waals surface area contributed by atoms with Gasteiger partial charge in [0.1, 0.15) is 16.2 Å². The van der Waals surface area contributed by atoms with Crippen LogP contribution in [0, 0.1) is 5.82 Å². The van der Waals surface area contributed by atoms with Crippen LogP contribution in [0.15, 0.2) is 34.6 Å². The second-order valence-corrected chi connectivity index (χ2v) is 12.9. The molecule has 1 saturated heterocycles. The number of halogens is 4. The van der Waals surface area contributed by atoms with Gasteiger partial charge in [0.05, 0.1) is 16.9 Å². The fourth-order valence-corrected chi connectivity index (χ4v) is 6.34. The SMILES string of the molecule is CN(C)CC(CN(C)C)OC(=O)CCNC(=O)CCN1C(=O)/C(=C/c2cc(-c3ccc(F)c(C(F)(F)F)c3)cs2)SC1=S. The van der Waals surface area contributed by atoms with Crippen molar-refractivity contribution in [1.82, 2.24) is 20.0 Å². The minimum absolute atomic E-state index is 0.00509. The third kappa shape index (κ3) is 10.4. The molecule has 1 N–H and O–H groups in total. The molecule has 2 aromatic rings. The van der Waals surface area contributed by atoms with Crippen molar-refractivity contribution in [2.45, 2.75) is 25.1 Å². The molecule has 0 bridgehead atoms. The first-order valence-corrected chi connectivity index (χ1v) is 15.2. The van der Waals surface area contributed by atoms with E-state index in [2.05, 4.69) is 5.32 Å². The normalized spacial score (nSPS) is 15.0. The summed E-state index contributed by atoms with van der Waals surface area (Å²) in [5.41, 5.74) is -0.710. The first-order valence-electron chi connectivity index (χ1n) is 13.1. The van der Waals surface area contributed by atoms with E-state index in [-0.39, 0.29) is 47.8 Å². The Kier molecular flexibility index (Phi) is 12.3. The van der Waals surface area contributed by atoms with Crippen LogP contribution in [0.1, 0.15) is 23.3 Å². The summed E-state index contributed by atoms with van der Waals surface area (Å²) in [7, 11) is 7.55. The van der Waals surface area contributed by atoms with Crippen LogP contribution in [0.5, 0.6) is 0 Å². The number of nitrogens with one attached hydrogen (secondary N) is 1. The number of benzene rings is 1. The Morgan fingerprint density at radius 2 is 1.77 bits per heavy atom. The number of hydrogen-bond acceptors (Lipinski definition) is 9. The first kappa shape index (κ1) is 34.6. The second-order valence-electron chi connectivity index (χ2n) is 10.2. The molecular formula is C28H32F4N4O4S3. The van der Waals surface area contributed by atoms with E-state index < -0.39 is 29.4 Å². The van der Waals surface area contributed by atoms with Crippen molar-refractivity contribution in [3.8, 4) is 11.1 Å². The topological polar surface area (TPSA) is 82.2 Å². The Morgan fingerprint density at radius 1 is 1.09 bits per heavy atom. The zero-order chi connectivity index (χ0) is 31.9. The van der Waals surface area contributed by atoms with Crippen LogP contribution in [0.3, 0.4) is 0 Å². The number of ether oxygens (including phenoxy) is 1. The predicted molar refractivity (Wildman–Crippen MR) is 164 cm³/mol. The van der Waals surface area contributed by atoms with Gasteiger partial charge in [-0.2, -0.15) is 13.2 Å². The number of rotatable bonds is 13. The van der Waals surface area contributed by atoms with E-state index in [9.17, 15) is 31.9 Å². The van der Waals surface area contributed by atoms with Crippen molar-refractivity contribution in [3.05, 3.63) is 50.8 Å². The Hall–Kier alpha value is -2.85. The highest BCUT2D eigenvalue weighted by molar-refractivity contribution is 8.26. The van der Waals surface area contributed by atoms with Crippen molar-refractivity contribution >= 4 is 63.5 Å². The highest BCUT2D eigenvalue weighted by Gasteiger charge is 2.35. The molecule has 15 heteroatoms. The molecule has 8 nitrogen and oxygen atoms in total. The molecule has 1 aromatic carbocycles. The number of carbonyl (C=O) groups excluding carboxylic acids is 3. The number of alkyl halides is 3.